The van der Waals surface area contributed by atoms with Gasteiger partial charge >= 0.3 is 0 Å². The number of rotatable bonds is 2. The predicted molar refractivity (Wildman–Crippen MR) is 78.9 cm³/mol. The highest BCUT2D eigenvalue weighted by atomic mass is 19.1. The van der Waals surface area contributed by atoms with Crippen LogP contribution in [0.15, 0.2) is 30.3 Å². The minimum Gasteiger partial charge on any atom is -0.298 e. The van der Waals surface area contributed by atoms with Gasteiger partial charge in [0.15, 0.2) is 0 Å². The molecule has 0 amide bonds. The Hall–Kier alpha value is -1.40. The van der Waals surface area contributed by atoms with Crippen LogP contribution < -0.4 is 0 Å². The zero-order chi connectivity index (χ0) is 14.8. The Balaban J connectivity index is 2.16. The summed E-state index contributed by atoms with van der Waals surface area (Å²) < 4.78 is 14.9. The number of hydrogen-bond donors (Lipinski definition) is 0. The number of likely N-dealkylation sites (tertiary alicyclic amines) is 1. The summed E-state index contributed by atoms with van der Waals surface area (Å²) in [6, 6.07) is 11.4. The van der Waals surface area contributed by atoms with Crippen molar-refractivity contribution in [3.8, 4) is 6.07 Å². The van der Waals surface area contributed by atoms with Crippen LogP contribution in [0.4, 0.5) is 4.39 Å². The lowest BCUT2D eigenvalue weighted by Crippen LogP contribution is -2.49. The second kappa shape index (κ2) is 5.54. The number of alkyl halides is 1. The van der Waals surface area contributed by atoms with Crippen molar-refractivity contribution in [2.75, 3.05) is 13.1 Å². The van der Waals surface area contributed by atoms with Gasteiger partial charge < -0.3 is 0 Å². The molecule has 1 atom stereocenters. The maximum Gasteiger partial charge on any atom is 0.144 e. The average Bonchev–Trinajstić information content (AvgIpc) is 2.46. The van der Waals surface area contributed by atoms with Crippen molar-refractivity contribution in [3.05, 3.63) is 35.9 Å². The Kier molecular flexibility index (Phi) is 4.15. The van der Waals surface area contributed by atoms with Crippen LogP contribution in [0, 0.1) is 16.7 Å². The van der Waals surface area contributed by atoms with E-state index in [4.69, 9.17) is 0 Å². The normalized spacial score (nSPS) is 21.1. The van der Waals surface area contributed by atoms with Crippen molar-refractivity contribution >= 4 is 0 Å². The van der Waals surface area contributed by atoms with Crippen molar-refractivity contribution in [2.45, 2.75) is 45.3 Å². The van der Waals surface area contributed by atoms with Crippen molar-refractivity contribution < 1.29 is 4.39 Å². The molecule has 1 fully saturated rings. The molecule has 0 bridgehead atoms. The molecule has 2 rings (SSSR count). The van der Waals surface area contributed by atoms with Gasteiger partial charge in [-0.25, -0.2) is 4.39 Å². The quantitative estimate of drug-likeness (QED) is 0.811. The second-order valence-electron chi connectivity index (χ2n) is 6.70. The van der Waals surface area contributed by atoms with E-state index < -0.39 is 11.6 Å². The Bertz CT molecular complexity index is 476. The van der Waals surface area contributed by atoms with Crippen LogP contribution in [0.5, 0.6) is 0 Å². The Morgan fingerprint density at radius 3 is 2.20 bits per heavy atom. The molecule has 1 heterocycles. The van der Waals surface area contributed by atoms with Crippen LogP contribution in [-0.4, -0.2) is 23.5 Å². The van der Waals surface area contributed by atoms with Gasteiger partial charge in [-0.05, 0) is 39.2 Å². The van der Waals surface area contributed by atoms with Crippen LogP contribution in [0.3, 0.4) is 0 Å². The summed E-state index contributed by atoms with van der Waals surface area (Å²) in [5.41, 5.74) is -0.165. The molecule has 1 aromatic rings. The maximum absolute atomic E-state index is 14.9. The average molecular weight is 274 g/mol. The minimum atomic E-state index is -1.20. The van der Waals surface area contributed by atoms with Crippen LogP contribution in [0.2, 0.25) is 0 Å². The molecule has 20 heavy (non-hydrogen) atoms. The highest BCUT2D eigenvalue weighted by Gasteiger charge is 2.44. The van der Waals surface area contributed by atoms with E-state index in [-0.39, 0.29) is 5.54 Å². The second-order valence-corrected chi connectivity index (χ2v) is 6.70. The third kappa shape index (κ3) is 2.86. The molecule has 2 nitrogen and oxygen atoms in total. The zero-order valence-electron chi connectivity index (χ0n) is 12.6. The standard InChI is InChI=1S/C17H23FN2/c1-16(2,3)20-11-9-17(13-19,10-12-20)15(18)14-7-5-4-6-8-14/h4-8,15H,9-12H2,1-3H3. The van der Waals surface area contributed by atoms with Crippen molar-refractivity contribution in [3.63, 3.8) is 0 Å². The van der Waals surface area contributed by atoms with Crippen LogP contribution in [0.1, 0.15) is 45.3 Å². The van der Waals surface area contributed by atoms with Gasteiger partial charge in [0.2, 0.25) is 0 Å². The van der Waals surface area contributed by atoms with E-state index in [9.17, 15) is 9.65 Å². The molecule has 3 heteroatoms. The summed E-state index contributed by atoms with van der Waals surface area (Å²) in [5, 5.41) is 9.55. The molecular formula is C17H23FN2. The van der Waals surface area contributed by atoms with E-state index in [0.717, 1.165) is 13.1 Å². The first-order valence-electron chi connectivity index (χ1n) is 7.24. The molecule has 1 saturated heterocycles. The topological polar surface area (TPSA) is 27.0 Å². The van der Waals surface area contributed by atoms with Gasteiger partial charge in [-0.1, -0.05) is 30.3 Å². The zero-order valence-corrected chi connectivity index (χ0v) is 12.6. The summed E-state index contributed by atoms with van der Waals surface area (Å²) in [4.78, 5) is 2.33. The molecule has 108 valence electrons. The monoisotopic (exact) mass is 274 g/mol. The number of hydrogen-bond acceptors (Lipinski definition) is 2. The van der Waals surface area contributed by atoms with Gasteiger partial charge in [-0.2, -0.15) is 5.26 Å². The first-order valence-corrected chi connectivity index (χ1v) is 7.24. The summed E-state index contributed by atoms with van der Waals surface area (Å²) in [7, 11) is 0. The number of nitrogens with zero attached hydrogens (tertiary/aromatic N) is 2. The molecule has 0 radical (unpaired) electrons. The largest absolute Gasteiger partial charge is 0.298 e. The number of nitriles is 1. The summed E-state index contributed by atoms with van der Waals surface area (Å²) >= 11 is 0. The number of piperidine rings is 1. The Morgan fingerprint density at radius 1 is 1.20 bits per heavy atom. The van der Waals surface area contributed by atoms with Gasteiger partial charge in [-0.15, -0.1) is 0 Å². The fourth-order valence-corrected chi connectivity index (χ4v) is 2.94. The third-order valence-electron chi connectivity index (χ3n) is 4.40. The molecule has 1 aromatic carbocycles. The van der Waals surface area contributed by atoms with Gasteiger partial charge in [0.05, 0.1) is 11.5 Å². The molecule has 1 aliphatic rings. The van der Waals surface area contributed by atoms with Crippen molar-refractivity contribution in [1.29, 1.82) is 5.26 Å². The Morgan fingerprint density at radius 2 is 1.75 bits per heavy atom. The summed E-state index contributed by atoms with van der Waals surface area (Å²) in [6.45, 7) is 8.05. The molecule has 1 unspecified atom stereocenters. The molecular weight excluding hydrogens is 251 g/mol. The number of halogens is 1. The minimum absolute atomic E-state index is 0.0835. The van der Waals surface area contributed by atoms with E-state index in [1.165, 1.54) is 0 Å². The molecule has 0 spiro atoms. The van der Waals surface area contributed by atoms with Gasteiger partial charge in [-0.3, -0.25) is 4.90 Å². The van der Waals surface area contributed by atoms with E-state index >= 15 is 0 Å². The van der Waals surface area contributed by atoms with Crippen molar-refractivity contribution in [2.24, 2.45) is 5.41 Å². The molecule has 0 saturated carbocycles. The predicted octanol–water partition coefficient (Wildman–Crippen LogP) is 4.10. The summed E-state index contributed by atoms with van der Waals surface area (Å²) in [6.07, 6.45) is -0.0102. The molecule has 0 aromatic heterocycles. The highest BCUT2D eigenvalue weighted by Crippen LogP contribution is 2.45. The Labute approximate surface area is 121 Å². The molecule has 1 aliphatic heterocycles. The first-order chi connectivity index (χ1) is 9.39. The lowest BCUT2D eigenvalue weighted by molar-refractivity contribution is 0.0262. The summed E-state index contributed by atoms with van der Waals surface area (Å²) in [5.74, 6) is 0. The third-order valence-corrected chi connectivity index (χ3v) is 4.40. The smallest absolute Gasteiger partial charge is 0.144 e. The van der Waals surface area contributed by atoms with Gasteiger partial charge in [0.25, 0.3) is 0 Å². The van der Waals surface area contributed by atoms with Crippen LogP contribution >= 0.6 is 0 Å². The number of benzene rings is 1. The molecule has 0 aliphatic carbocycles. The maximum atomic E-state index is 14.9. The van der Waals surface area contributed by atoms with Crippen molar-refractivity contribution in [1.82, 2.24) is 4.90 Å². The fourth-order valence-electron chi connectivity index (χ4n) is 2.94. The molecule has 0 N–H and O–H groups in total. The van der Waals surface area contributed by atoms with Crippen LogP contribution in [-0.2, 0) is 0 Å². The van der Waals surface area contributed by atoms with E-state index in [2.05, 4.69) is 31.7 Å². The van der Waals surface area contributed by atoms with Gasteiger partial charge in [0.1, 0.15) is 6.17 Å². The van der Waals surface area contributed by atoms with E-state index in [0.29, 0.717) is 18.4 Å². The van der Waals surface area contributed by atoms with E-state index in [1.807, 2.05) is 18.2 Å². The van der Waals surface area contributed by atoms with Gasteiger partial charge in [0, 0.05) is 18.6 Å². The SMILES string of the molecule is CC(C)(C)N1CCC(C#N)(C(F)c2ccccc2)CC1. The lowest BCUT2D eigenvalue weighted by Gasteiger charge is -2.44. The van der Waals surface area contributed by atoms with E-state index in [1.54, 1.807) is 12.1 Å². The lowest BCUT2D eigenvalue weighted by atomic mass is 9.73. The van der Waals surface area contributed by atoms with Crippen LogP contribution in [0.25, 0.3) is 0 Å². The highest BCUT2D eigenvalue weighted by molar-refractivity contribution is 5.23. The first kappa shape index (κ1) is 15.0. The fraction of sp³-hybridized carbons (Fsp3) is 0.588.